The van der Waals surface area contributed by atoms with Gasteiger partial charge in [0.05, 0.1) is 11.0 Å². The highest BCUT2D eigenvalue weighted by molar-refractivity contribution is 6.11. The van der Waals surface area contributed by atoms with Gasteiger partial charge in [0, 0.05) is 41.8 Å². The molecule has 0 aliphatic carbocycles. The summed E-state index contributed by atoms with van der Waals surface area (Å²) in [6, 6.07) is 34.2. The Bertz CT molecular complexity index is 2490. The van der Waals surface area contributed by atoms with E-state index in [2.05, 4.69) is 25.8 Å². The normalized spacial score (nSPS) is 17.0. The molecule has 62 heavy (non-hydrogen) atoms. The first-order valence-electron chi connectivity index (χ1n) is 20.5. The lowest BCUT2D eigenvalue weighted by atomic mass is 10.0. The first-order chi connectivity index (χ1) is 30.0. The highest BCUT2D eigenvalue weighted by atomic mass is 16.4. The van der Waals surface area contributed by atoms with Gasteiger partial charge < -0.3 is 45.8 Å². The van der Waals surface area contributed by atoms with Crippen LogP contribution in [0.4, 0.5) is 21.0 Å². The Labute approximate surface area is 356 Å². The maximum absolute atomic E-state index is 13.9. The predicted molar refractivity (Wildman–Crippen MR) is 232 cm³/mol. The van der Waals surface area contributed by atoms with Gasteiger partial charge in [-0.15, -0.1) is 0 Å². The van der Waals surface area contributed by atoms with E-state index in [4.69, 9.17) is 0 Å². The standard InChI is InChI=1S/C47H45N7O8/c55-42(36-18-10-24-52(36)44(57)40(50-46(59)60)30-14-6-2-7-15-30)48-32-20-22-34-35-23-21-33(27-39(35)54(38(34)26-32)28-29-12-4-1-5-13-29)49-43(56)37-19-11-25-53(37)45(58)41(51-47(61)62)31-16-8-3-9-17-31/h1-9,12-17,20-23,26-27,36-37,40-41,50-51H,10-11,18-19,24-25,28H2,(H,48,55)(H,49,56)(H,59,60)(H,61,62)/t36-,37-,40?,41?/m0/s1. The van der Waals surface area contributed by atoms with E-state index in [0.29, 0.717) is 67.8 Å². The Kier molecular flexibility index (Phi) is 11.9. The van der Waals surface area contributed by atoms with Crippen LogP contribution in [0.2, 0.25) is 0 Å². The van der Waals surface area contributed by atoms with Crippen molar-refractivity contribution in [3.05, 3.63) is 144 Å². The van der Waals surface area contributed by atoms with Crippen molar-refractivity contribution < 1.29 is 39.0 Å². The summed E-state index contributed by atoms with van der Waals surface area (Å²) in [5, 5.41) is 31.6. The number of nitrogens with one attached hydrogen (secondary N) is 4. The van der Waals surface area contributed by atoms with E-state index in [1.165, 1.54) is 9.80 Å². The number of carbonyl (C=O) groups excluding carboxylic acids is 4. The summed E-state index contributed by atoms with van der Waals surface area (Å²) in [6.45, 7) is 1.06. The summed E-state index contributed by atoms with van der Waals surface area (Å²) >= 11 is 0. The van der Waals surface area contributed by atoms with Crippen molar-refractivity contribution in [2.75, 3.05) is 23.7 Å². The minimum Gasteiger partial charge on any atom is -0.465 e. The van der Waals surface area contributed by atoms with Crippen LogP contribution in [0.15, 0.2) is 127 Å². The van der Waals surface area contributed by atoms with Crippen LogP contribution in [0.25, 0.3) is 21.8 Å². The Hall–Kier alpha value is -7.68. The number of aromatic nitrogens is 1. The molecule has 3 heterocycles. The largest absolute Gasteiger partial charge is 0.465 e. The fraction of sp³-hybridized carbons (Fsp3) is 0.234. The Balaban J connectivity index is 1.06. The van der Waals surface area contributed by atoms with Crippen LogP contribution in [0, 0.1) is 0 Å². The Morgan fingerprint density at radius 1 is 0.548 bits per heavy atom. The van der Waals surface area contributed by atoms with Crippen LogP contribution < -0.4 is 21.3 Å². The molecule has 4 atom stereocenters. The molecule has 0 bridgehead atoms. The van der Waals surface area contributed by atoms with E-state index in [0.717, 1.165) is 27.4 Å². The minimum atomic E-state index is -1.35. The summed E-state index contributed by atoms with van der Waals surface area (Å²) in [5.74, 6) is -1.78. The average Bonchev–Trinajstić information content (AvgIpc) is 4.04. The monoisotopic (exact) mass is 835 g/mol. The molecule has 0 radical (unpaired) electrons. The molecule has 2 fully saturated rings. The lowest BCUT2D eigenvalue weighted by molar-refractivity contribution is -0.138. The van der Waals surface area contributed by atoms with Gasteiger partial charge in [0.15, 0.2) is 0 Å². The second kappa shape index (κ2) is 17.9. The molecule has 8 rings (SSSR count). The summed E-state index contributed by atoms with van der Waals surface area (Å²) in [5.41, 5.74) is 4.60. The third-order valence-electron chi connectivity index (χ3n) is 11.6. The smallest absolute Gasteiger partial charge is 0.405 e. The number of benzene rings is 5. The van der Waals surface area contributed by atoms with Crippen LogP contribution in [0.3, 0.4) is 0 Å². The third kappa shape index (κ3) is 8.64. The topological polar surface area (TPSA) is 202 Å². The highest BCUT2D eigenvalue weighted by Crippen LogP contribution is 2.35. The van der Waals surface area contributed by atoms with Gasteiger partial charge >= 0.3 is 12.2 Å². The van der Waals surface area contributed by atoms with Gasteiger partial charge in [0.2, 0.25) is 11.8 Å². The molecular weight excluding hydrogens is 791 g/mol. The number of hydrogen-bond acceptors (Lipinski definition) is 6. The van der Waals surface area contributed by atoms with Gasteiger partial charge in [0.25, 0.3) is 11.8 Å². The molecule has 316 valence electrons. The Morgan fingerprint density at radius 2 is 0.952 bits per heavy atom. The number of hydrogen-bond donors (Lipinski definition) is 6. The number of carboxylic acid groups (broad SMARTS) is 2. The first-order valence-corrected chi connectivity index (χ1v) is 20.5. The SMILES string of the molecule is O=C(O)NC(C(=O)N1CCC[C@H]1C(=O)Nc1ccc2c3ccc(NC(=O)[C@@H]4CCCN4C(=O)C(NC(=O)O)c4ccccc4)cc3n(Cc3ccccc3)c2c1)c1ccccc1. The number of carbonyl (C=O) groups is 6. The van der Waals surface area contributed by atoms with Crippen molar-refractivity contribution in [2.45, 2.75) is 56.4 Å². The molecule has 6 aromatic rings. The van der Waals surface area contributed by atoms with Crippen molar-refractivity contribution in [2.24, 2.45) is 0 Å². The molecule has 15 heteroatoms. The van der Waals surface area contributed by atoms with E-state index in [1.54, 1.807) is 72.8 Å². The van der Waals surface area contributed by atoms with Crippen LogP contribution >= 0.6 is 0 Å². The number of anilines is 2. The van der Waals surface area contributed by atoms with E-state index in [-0.39, 0.29) is 11.8 Å². The summed E-state index contributed by atoms with van der Waals surface area (Å²) < 4.78 is 2.10. The second-order valence-corrected chi connectivity index (χ2v) is 15.5. The van der Waals surface area contributed by atoms with Crippen LogP contribution in [0.5, 0.6) is 0 Å². The van der Waals surface area contributed by atoms with Crippen molar-refractivity contribution in [3.63, 3.8) is 0 Å². The van der Waals surface area contributed by atoms with Crippen molar-refractivity contribution in [3.8, 4) is 0 Å². The molecule has 2 aliphatic heterocycles. The van der Waals surface area contributed by atoms with Gasteiger partial charge in [0.1, 0.15) is 24.2 Å². The van der Waals surface area contributed by atoms with Crippen molar-refractivity contribution >= 4 is 69.0 Å². The van der Waals surface area contributed by atoms with Crippen LogP contribution in [0.1, 0.15) is 54.5 Å². The summed E-state index contributed by atoms with van der Waals surface area (Å²) in [7, 11) is 0. The molecule has 0 spiro atoms. The zero-order chi connectivity index (χ0) is 43.3. The summed E-state index contributed by atoms with van der Waals surface area (Å²) in [4.78, 5) is 81.8. The number of likely N-dealkylation sites (tertiary alicyclic amines) is 2. The number of rotatable bonds is 12. The molecule has 2 unspecified atom stereocenters. The fourth-order valence-electron chi connectivity index (χ4n) is 8.69. The molecule has 5 aromatic carbocycles. The highest BCUT2D eigenvalue weighted by Gasteiger charge is 2.40. The van der Waals surface area contributed by atoms with E-state index >= 15 is 0 Å². The number of amides is 6. The maximum Gasteiger partial charge on any atom is 0.405 e. The second-order valence-electron chi connectivity index (χ2n) is 15.5. The molecular formula is C47H45N7O8. The molecule has 2 aliphatic rings. The zero-order valence-electron chi connectivity index (χ0n) is 33.6. The maximum atomic E-state index is 13.9. The van der Waals surface area contributed by atoms with E-state index < -0.39 is 48.2 Å². The molecule has 0 saturated carbocycles. The van der Waals surface area contributed by atoms with Crippen molar-refractivity contribution in [1.29, 1.82) is 0 Å². The van der Waals surface area contributed by atoms with Gasteiger partial charge in [-0.1, -0.05) is 103 Å². The van der Waals surface area contributed by atoms with Crippen molar-refractivity contribution in [1.82, 2.24) is 25.0 Å². The van der Waals surface area contributed by atoms with E-state index in [1.807, 2.05) is 54.6 Å². The lowest BCUT2D eigenvalue weighted by Gasteiger charge is -2.28. The van der Waals surface area contributed by atoms with E-state index in [9.17, 15) is 39.0 Å². The summed E-state index contributed by atoms with van der Waals surface area (Å²) in [6.07, 6.45) is -0.719. The average molecular weight is 836 g/mol. The molecule has 6 amide bonds. The van der Waals surface area contributed by atoms with Gasteiger partial charge in [-0.05, 0) is 66.6 Å². The number of fused-ring (bicyclic) bond motifs is 3. The molecule has 15 nitrogen and oxygen atoms in total. The van der Waals surface area contributed by atoms with Crippen LogP contribution in [-0.4, -0.2) is 85.6 Å². The van der Waals surface area contributed by atoms with Gasteiger partial charge in [-0.25, -0.2) is 9.59 Å². The minimum absolute atomic E-state index is 0.302. The molecule has 6 N–H and O–H groups in total. The first kappa shape index (κ1) is 41.1. The number of nitrogens with zero attached hydrogens (tertiary/aromatic N) is 3. The Morgan fingerprint density at radius 3 is 1.35 bits per heavy atom. The molecule has 2 saturated heterocycles. The predicted octanol–water partition coefficient (Wildman–Crippen LogP) is 6.72. The lowest BCUT2D eigenvalue weighted by Crippen LogP contribution is -2.48. The van der Waals surface area contributed by atoms with Gasteiger partial charge in [-0.3, -0.25) is 19.2 Å². The zero-order valence-corrected chi connectivity index (χ0v) is 33.6. The van der Waals surface area contributed by atoms with Gasteiger partial charge in [-0.2, -0.15) is 0 Å². The molecule has 1 aromatic heterocycles. The quantitative estimate of drug-likeness (QED) is 0.0780. The van der Waals surface area contributed by atoms with Crippen LogP contribution in [-0.2, 0) is 25.7 Å². The third-order valence-corrected chi connectivity index (χ3v) is 11.6. The fourth-order valence-corrected chi connectivity index (χ4v) is 8.69.